The fraction of sp³-hybridized carbons (Fsp3) is 0.533. The van der Waals surface area contributed by atoms with Crippen molar-refractivity contribution in [2.24, 2.45) is 13.0 Å². The van der Waals surface area contributed by atoms with Crippen molar-refractivity contribution in [2.75, 3.05) is 25.0 Å². The first kappa shape index (κ1) is 12.8. The first-order chi connectivity index (χ1) is 10.3. The van der Waals surface area contributed by atoms with Crippen molar-refractivity contribution >= 4 is 5.69 Å². The summed E-state index contributed by atoms with van der Waals surface area (Å²) in [4.78, 5) is 2.56. The predicted molar refractivity (Wildman–Crippen MR) is 80.8 cm³/mol. The van der Waals surface area contributed by atoms with Crippen LogP contribution in [0.5, 0.6) is 0 Å². The molecule has 0 saturated carbocycles. The van der Waals surface area contributed by atoms with Gasteiger partial charge >= 0.3 is 0 Å². The van der Waals surface area contributed by atoms with E-state index in [1.807, 2.05) is 13.1 Å². The van der Waals surface area contributed by atoms with Crippen LogP contribution in [0.1, 0.15) is 12.8 Å². The van der Waals surface area contributed by atoms with Gasteiger partial charge in [0.15, 0.2) is 5.82 Å². The summed E-state index contributed by atoms with van der Waals surface area (Å²) < 4.78 is 1.70. The Labute approximate surface area is 124 Å². The number of rotatable bonds is 3. The van der Waals surface area contributed by atoms with E-state index in [2.05, 4.69) is 43.9 Å². The van der Waals surface area contributed by atoms with Crippen LogP contribution in [0.25, 0.3) is 11.4 Å². The number of nitrogens with zero attached hydrogens (tertiary/aromatic N) is 5. The molecule has 5 rings (SSSR count). The van der Waals surface area contributed by atoms with Crippen molar-refractivity contribution in [3.63, 3.8) is 0 Å². The molecule has 0 aliphatic carbocycles. The zero-order valence-corrected chi connectivity index (χ0v) is 12.2. The number of hydrogen-bond acceptors (Lipinski definition) is 5. The normalized spacial score (nSPS) is 27.8. The highest BCUT2D eigenvalue weighted by atomic mass is 15.5. The Morgan fingerprint density at radius 3 is 2.76 bits per heavy atom. The van der Waals surface area contributed by atoms with Crippen LogP contribution in [-0.2, 0) is 7.05 Å². The van der Waals surface area contributed by atoms with E-state index in [0.29, 0.717) is 6.04 Å². The van der Waals surface area contributed by atoms with Crippen molar-refractivity contribution in [3.8, 4) is 11.4 Å². The average Bonchev–Trinajstić information content (AvgIpc) is 2.95. The fourth-order valence-corrected chi connectivity index (χ4v) is 3.56. The minimum Gasteiger partial charge on any atom is -0.381 e. The molecule has 0 amide bonds. The van der Waals surface area contributed by atoms with Crippen LogP contribution in [0.4, 0.5) is 5.69 Å². The molecule has 21 heavy (non-hydrogen) atoms. The molecule has 110 valence electrons. The van der Waals surface area contributed by atoms with Crippen molar-refractivity contribution < 1.29 is 0 Å². The third-order valence-corrected chi connectivity index (χ3v) is 4.75. The monoisotopic (exact) mass is 284 g/mol. The van der Waals surface area contributed by atoms with E-state index >= 15 is 0 Å². The van der Waals surface area contributed by atoms with Gasteiger partial charge in [0.2, 0.25) is 0 Å². The zero-order valence-electron chi connectivity index (χ0n) is 12.2. The van der Waals surface area contributed by atoms with E-state index in [0.717, 1.165) is 23.0 Å². The number of fused-ring (bicyclic) bond motifs is 3. The highest BCUT2D eigenvalue weighted by Crippen LogP contribution is 2.30. The molecule has 3 fully saturated rings. The van der Waals surface area contributed by atoms with E-state index in [4.69, 9.17) is 0 Å². The van der Waals surface area contributed by atoms with Gasteiger partial charge in [0.25, 0.3) is 0 Å². The molecule has 1 unspecified atom stereocenters. The van der Waals surface area contributed by atoms with E-state index in [-0.39, 0.29) is 0 Å². The summed E-state index contributed by atoms with van der Waals surface area (Å²) in [7, 11) is 1.86. The average molecular weight is 284 g/mol. The van der Waals surface area contributed by atoms with Crippen molar-refractivity contribution in [3.05, 3.63) is 24.3 Å². The SMILES string of the molecule is Cn1nnnc1-c1cccc(NC2CN3CCC2CC3)c1. The van der Waals surface area contributed by atoms with Crippen molar-refractivity contribution in [1.29, 1.82) is 0 Å². The number of piperidine rings is 3. The van der Waals surface area contributed by atoms with Crippen molar-refractivity contribution in [2.45, 2.75) is 18.9 Å². The molecular weight excluding hydrogens is 264 g/mol. The Morgan fingerprint density at radius 1 is 1.24 bits per heavy atom. The molecule has 1 N–H and O–H groups in total. The molecule has 3 aliphatic rings. The standard InChI is InChI=1S/C15H20N6/c1-20-15(17-18-19-20)12-3-2-4-13(9-12)16-14-10-21-7-5-11(14)6-8-21/h2-4,9,11,14,16H,5-8,10H2,1H3. The molecule has 4 heterocycles. The van der Waals surface area contributed by atoms with Crippen LogP contribution in [0.15, 0.2) is 24.3 Å². The Kier molecular flexibility index (Phi) is 3.11. The molecule has 0 radical (unpaired) electrons. The van der Waals surface area contributed by atoms with Gasteiger partial charge in [-0.25, -0.2) is 4.68 Å². The molecule has 6 heteroatoms. The molecule has 6 nitrogen and oxygen atoms in total. The Bertz CT molecular complexity index is 629. The van der Waals surface area contributed by atoms with Gasteiger partial charge in [0.1, 0.15) is 0 Å². The lowest BCUT2D eigenvalue weighted by molar-refractivity contribution is 0.0975. The molecule has 3 saturated heterocycles. The van der Waals surface area contributed by atoms with Gasteiger partial charge in [-0.1, -0.05) is 12.1 Å². The number of aryl methyl sites for hydroxylation is 1. The van der Waals surface area contributed by atoms with E-state index in [9.17, 15) is 0 Å². The smallest absolute Gasteiger partial charge is 0.181 e. The quantitative estimate of drug-likeness (QED) is 0.923. The molecule has 3 aliphatic heterocycles. The van der Waals surface area contributed by atoms with Gasteiger partial charge in [-0.3, -0.25) is 0 Å². The molecule has 1 aromatic carbocycles. The molecule has 2 aromatic rings. The fourth-order valence-electron chi connectivity index (χ4n) is 3.56. The topological polar surface area (TPSA) is 58.9 Å². The lowest BCUT2D eigenvalue weighted by atomic mass is 9.84. The molecule has 0 spiro atoms. The summed E-state index contributed by atoms with van der Waals surface area (Å²) in [6.07, 6.45) is 2.65. The van der Waals surface area contributed by atoms with Crippen LogP contribution in [0.3, 0.4) is 0 Å². The maximum Gasteiger partial charge on any atom is 0.181 e. The summed E-state index contributed by atoms with van der Waals surface area (Å²) in [5, 5.41) is 15.4. The summed E-state index contributed by atoms with van der Waals surface area (Å²) in [5.74, 6) is 1.61. The van der Waals surface area contributed by atoms with E-state index in [1.54, 1.807) is 4.68 Å². The minimum absolute atomic E-state index is 0.570. The van der Waals surface area contributed by atoms with Gasteiger partial charge in [0, 0.05) is 30.9 Å². The van der Waals surface area contributed by atoms with Crippen molar-refractivity contribution in [1.82, 2.24) is 25.1 Å². The Morgan fingerprint density at radius 2 is 2.10 bits per heavy atom. The molecule has 1 aromatic heterocycles. The molecule has 2 bridgehead atoms. The largest absolute Gasteiger partial charge is 0.381 e. The van der Waals surface area contributed by atoms with Gasteiger partial charge in [-0.05, 0) is 54.4 Å². The first-order valence-corrected chi connectivity index (χ1v) is 7.61. The van der Waals surface area contributed by atoms with Crippen LogP contribution in [0, 0.1) is 5.92 Å². The summed E-state index contributed by atoms with van der Waals surface area (Å²) in [5.41, 5.74) is 2.21. The number of benzene rings is 1. The van der Waals surface area contributed by atoms with Crippen LogP contribution in [-0.4, -0.2) is 50.8 Å². The third-order valence-electron chi connectivity index (χ3n) is 4.75. The summed E-state index contributed by atoms with van der Waals surface area (Å²) in [6.45, 7) is 3.71. The highest BCUT2D eigenvalue weighted by molar-refractivity contribution is 5.62. The van der Waals surface area contributed by atoms with E-state index < -0.39 is 0 Å². The second-order valence-electron chi connectivity index (χ2n) is 6.10. The first-order valence-electron chi connectivity index (χ1n) is 7.61. The highest BCUT2D eigenvalue weighted by Gasteiger charge is 2.33. The number of nitrogens with one attached hydrogen (secondary N) is 1. The van der Waals surface area contributed by atoms with Gasteiger partial charge in [0.05, 0.1) is 0 Å². The maximum absolute atomic E-state index is 4.08. The molecule has 1 atom stereocenters. The number of aromatic nitrogens is 4. The van der Waals surface area contributed by atoms with Gasteiger partial charge < -0.3 is 10.2 Å². The van der Waals surface area contributed by atoms with Crippen LogP contribution in [0.2, 0.25) is 0 Å². The Hall–Kier alpha value is -1.95. The number of tetrazole rings is 1. The van der Waals surface area contributed by atoms with E-state index in [1.165, 1.54) is 32.5 Å². The Balaban J connectivity index is 1.55. The van der Waals surface area contributed by atoms with Crippen LogP contribution >= 0.6 is 0 Å². The number of hydrogen-bond donors (Lipinski definition) is 1. The second kappa shape index (κ2) is 5.11. The second-order valence-corrected chi connectivity index (χ2v) is 6.10. The maximum atomic E-state index is 4.08. The van der Waals surface area contributed by atoms with Gasteiger partial charge in [-0.2, -0.15) is 0 Å². The summed E-state index contributed by atoms with van der Waals surface area (Å²) >= 11 is 0. The lowest BCUT2D eigenvalue weighted by Crippen LogP contribution is -2.53. The number of anilines is 1. The van der Waals surface area contributed by atoms with Crippen LogP contribution < -0.4 is 5.32 Å². The minimum atomic E-state index is 0.570. The molecular formula is C15H20N6. The predicted octanol–water partition coefficient (Wildman–Crippen LogP) is 1.38. The third kappa shape index (κ3) is 2.40. The summed E-state index contributed by atoms with van der Waals surface area (Å²) in [6, 6.07) is 8.95. The lowest BCUT2D eigenvalue weighted by Gasteiger charge is -2.45. The van der Waals surface area contributed by atoms with Gasteiger partial charge in [-0.15, -0.1) is 5.10 Å². The zero-order chi connectivity index (χ0) is 14.2.